The molecule has 3 heterocycles. The number of rotatable bonds is 6. The minimum atomic E-state index is 0.588. The van der Waals surface area contributed by atoms with Gasteiger partial charge >= 0.3 is 0 Å². The average Bonchev–Trinajstić information content (AvgIpc) is 3.24. The smallest absolute Gasteiger partial charge is 0.228 e. The fraction of sp³-hybridized carbons (Fsp3) is 0.278. The minimum Gasteiger partial charge on any atom is -0.432 e. The van der Waals surface area contributed by atoms with Gasteiger partial charge in [-0.05, 0) is 32.1 Å². The van der Waals surface area contributed by atoms with Gasteiger partial charge in [0.1, 0.15) is 11.4 Å². The standard InChI is InChI=1S/C18H20N6O/c1-19-9-6-10-20-18-21-13-11-24(2)16-15(14(13)22-18)25-17(23-16)12-7-4-3-5-8-12/h3-5,7-8,11,19H,6,9-10H2,1-2H3,(H,20,21). The Morgan fingerprint density at radius 2 is 1.92 bits per heavy atom. The Balaban J connectivity index is 1.73. The first-order valence-electron chi connectivity index (χ1n) is 8.34. The van der Waals surface area contributed by atoms with Crippen LogP contribution in [0.1, 0.15) is 6.42 Å². The molecule has 0 spiro atoms. The summed E-state index contributed by atoms with van der Waals surface area (Å²) in [6.45, 7) is 1.77. The van der Waals surface area contributed by atoms with Crippen molar-refractivity contribution < 1.29 is 4.42 Å². The molecule has 0 saturated carbocycles. The molecule has 2 N–H and O–H groups in total. The number of oxazole rings is 1. The van der Waals surface area contributed by atoms with Gasteiger partial charge in [-0.2, -0.15) is 4.98 Å². The van der Waals surface area contributed by atoms with Crippen molar-refractivity contribution in [2.24, 2.45) is 7.05 Å². The molecule has 7 nitrogen and oxygen atoms in total. The van der Waals surface area contributed by atoms with E-state index >= 15 is 0 Å². The summed E-state index contributed by atoms with van der Waals surface area (Å²) >= 11 is 0. The zero-order valence-corrected chi connectivity index (χ0v) is 14.3. The van der Waals surface area contributed by atoms with Crippen LogP contribution in [0.25, 0.3) is 34.1 Å². The number of hydrogen-bond donors (Lipinski definition) is 2. The van der Waals surface area contributed by atoms with Crippen LogP contribution >= 0.6 is 0 Å². The topological polar surface area (TPSA) is 80.8 Å². The summed E-state index contributed by atoms with van der Waals surface area (Å²) in [7, 11) is 3.88. The van der Waals surface area contributed by atoms with Gasteiger partial charge in [-0.1, -0.05) is 18.2 Å². The van der Waals surface area contributed by atoms with E-state index in [-0.39, 0.29) is 0 Å². The van der Waals surface area contributed by atoms with Crippen LogP contribution < -0.4 is 10.6 Å². The Morgan fingerprint density at radius 1 is 1.08 bits per heavy atom. The van der Waals surface area contributed by atoms with Crippen LogP contribution in [0.5, 0.6) is 0 Å². The van der Waals surface area contributed by atoms with Gasteiger partial charge in [0.05, 0.1) is 0 Å². The molecule has 4 rings (SSSR count). The van der Waals surface area contributed by atoms with Gasteiger partial charge in [0.25, 0.3) is 0 Å². The Labute approximate surface area is 145 Å². The van der Waals surface area contributed by atoms with Crippen molar-refractivity contribution in [3.63, 3.8) is 0 Å². The van der Waals surface area contributed by atoms with Gasteiger partial charge in [-0.15, -0.1) is 0 Å². The van der Waals surface area contributed by atoms with Crippen molar-refractivity contribution in [1.29, 1.82) is 0 Å². The van der Waals surface area contributed by atoms with Crippen LogP contribution in [0.4, 0.5) is 5.95 Å². The second kappa shape index (κ2) is 6.52. The molecular weight excluding hydrogens is 316 g/mol. The normalized spacial score (nSPS) is 11.4. The largest absolute Gasteiger partial charge is 0.432 e. The number of hydrogen-bond acceptors (Lipinski definition) is 6. The van der Waals surface area contributed by atoms with Crippen LogP contribution in [-0.2, 0) is 7.05 Å². The molecule has 0 fully saturated rings. The summed E-state index contributed by atoms with van der Waals surface area (Å²) < 4.78 is 7.96. The van der Waals surface area contributed by atoms with Crippen molar-refractivity contribution in [3.05, 3.63) is 36.5 Å². The number of aromatic nitrogens is 4. The lowest BCUT2D eigenvalue weighted by Crippen LogP contribution is -2.13. The fourth-order valence-electron chi connectivity index (χ4n) is 2.81. The molecule has 2 aliphatic heterocycles. The van der Waals surface area contributed by atoms with Crippen molar-refractivity contribution in [1.82, 2.24) is 24.8 Å². The average molecular weight is 336 g/mol. The van der Waals surface area contributed by atoms with Crippen molar-refractivity contribution in [3.8, 4) is 22.8 Å². The number of imidazole rings is 1. The maximum Gasteiger partial charge on any atom is 0.228 e. The van der Waals surface area contributed by atoms with E-state index in [0.717, 1.165) is 42.1 Å². The van der Waals surface area contributed by atoms with Gasteiger partial charge < -0.3 is 19.6 Å². The highest BCUT2D eigenvalue weighted by Crippen LogP contribution is 2.33. The number of pyridine rings is 1. The lowest BCUT2D eigenvalue weighted by molar-refractivity contribution is 0.619. The third-order valence-corrected chi connectivity index (χ3v) is 4.07. The zero-order valence-electron chi connectivity index (χ0n) is 14.3. The van der Waals surface area contributed by atoms with Gasteiger partial charge in [0.15, 0.2) is 11.2 Å². The SMILES string of the molecule is CNCCCNc1nc2cn(C)c3nc(-c4ccccc4)oc3c-2n1. The van der Waals surface area contributed by atoms with Gasteiger partial charge in [-0.3, -0.25) is 0 Å². The van der Waals surface area contributed by atoms with Crippen molar-refractivity contribution in [2.45, 2.75) is 6.42 Å². The molecule has 0 amide bonds. The summed E-state index contributed by atoms with van der Waals surface area (Å²) in [5.74, 6) is 1.21. The van der Waals surface area contributed by atoms with E-state index in [2.05, 4.69) is 25.6 Å². The first-order chi connectivity index (χ1) is 12.3. The number of benzene rings is 1. The van der Waals surface area contributed by atoms with E-state index in [0.29, 0.717) is 17.4 Å². The first-order valence-corrected chi connectivity index (χ1v) is 8.34. The third-order valence-electron chi connectivity index (χ3n) is 4.07. The van der Waals surface area contributed by atoms with Crippen molar-refractivity contribution >= 4 is 17.2 Å². The van der Waals surface area contributed by atoms with E-state index < -0.39 is 0 Å². The van der Waals surface area contributed by atoms with Gasteiger partial charge in [0.2, 0.25) is 11.8 Å². The van der Waals surface area contributed by atoms with E-state index in [9.17, 15) is 0 Å². The molecule has 0 atom stereocenters. The quantitative estimate of drug-likeness (QED) is 0.527. The zero-order chi connectivity index (χ0) is 17.2. The predicted octanol–water partition coefficient (Wildman–Crippen LogP) is 2.75. The molecule has 2 aromatic rings. The van der Waals surface area contributed by atoms with Crippen LogP contribution in [0, 0.1) is 0 Å². The maximum atomic E-state index is 6.03. The molecule has 0 bridgehead atoms. The highest BCUT2D eigenvalue weighted by atomic mass is 16.3. The molecule has 1 aromatic carbocycles. The molecular formula is C18H20N6O. The number of nitrogens with one attached hydrogen (secondary N) is 2. The van der Waals surface area contributed by atoms with Gasteiger partial charge in [0, 0.05) is 25.4 Å². The minimum absolute atomic E-state index is 0.588. The Bertz CT molecular complexity index is 959. The lowest BCUT2D eigenvalue weighted by atomic mass is 10.2. The molecule has 1 aromatic heterocycles. The van der Waals surface area contributed by atoms with Crippen molar-refractivity contribution in [2.75, 3.05) is 25.5 Å². The maximum absolute atomic E-state index is 6.03. The fourth-order valence-corrected chi connectivity index (χ4v) is 2.81. The summed E-state index contributed by atoms with van der Waals surface area (Å²) in [6.07, 6.45) is 2.94. The Hall–Kier alpha value is -2.93. The number of anilines is 1. The van der Waals surface area contributed by atoms with Crippen LogP contribution in [-0.4, -0.2) is 39.7 Å². The van der Waals surface area contributed by atoms with E-state index in [4.69, 9.17) is 4.42 Å². The molecule has 7 heteroatoms. The molecule has 0 radical (unpaired) electrons. The molecule has 2 aliphatic rings. The lowest BCUT2D eigenvalue weighted by Gasteiger charge is -2.01. The molecule has 128 valence electrons. The summed E-state index contributed by atoms with van der Waals surface area (Å²) in [4.78, 5) is 13.8. The number of nitrogens with zero attached hydrogens (tertiary/aromatic N) is 4. The molecule has 25 heavy (non-hydrogen) atoms. The van der Waals surface area contributed by atoms with E-state index in [1.165, 1.54) is 0 Å². The number of aryl methyl sites for hydroxylation is 1. The van der Waals surface area contributed by atoms with Crippen LogP contribution in [0.3, 0.4) is 0 Å². The van der Waals surface area contributed by atoms with Crippen LogP contribution in [0.15, 0.2) is 40.9 Å². The summed E-state index contributed by atoms with van der Waals surface area (Å²) in [6, 6.07) is 9.87. The second-order valence-electron chi connectivity index (χ2n) is 5.94. The van der Waals surface area contributed by atoms with Gasteiger partial charge in [-0.25, -0.2) is 9.97 Å². The van der Waals surface area contributed by atoms with Crippen LogP contribution in [0.2, 0.25) is 0 Å². The molecule has 0 aliphatic carbocycles. The monoisotopic (exact) mass is 336 g/mol. The van der Waals surface area contributed by atoms with E-state index in [1.54, 1.807) is 0 Å². The highest BCUT2D eigenvalue weighted by Gasteiger charge is 2.21. The molecule has 0 unspecified atom stereocenters. The molecule has 0 saturated heterocycles. The summed E-state index contributed by atoms with van der Waals surface area (Å²) in [5, 5.41) is 6.38. The predicted molar refractivity (Wildman–Crippen MR) is 97.7 cm³/mol. The Morgan fingerprint density at radius 3 is 2.72 bits per heavy atom. The highest BCUT2D eigenvalue weighted by molar-refractivity contribution is 5.88. The second-order valence-corrected chi connectivity index (χ2v) is 5.94. The summed E-state index contributed by atoms with van der Waals surface area (Å²) in [5.41, 5.74) is 3.89. The Kier molecular flexibility index (Phi) is 4.07. The van der Waals surface area contributed by atoms with E-state index in [1.807, 2.05) is 55.2 Å². The first kappa shape index (κ1) is 15.6. The third kappa shape index (κ3) is 2.94. The number of fused-ring (bicyclic) bond motifs is 3.